The molecule has 12 nitrogen and oxygen atoms in total. The normalized spacial score (nSPS) is 25.4. The van der Waals surface area contributed by atoms with Gasteiger partial charge in [0.2, 0.25) is 11.8 Å². The molecule has 6 atom stereocenters. The van der Waals surface area contributed by atoms with E-state index < -0.39 is 78.2 Å². The Kier molecular flexibility index (Phi) is 11.0. The lowest BCUT2D eigenvalue weighted by Crippen LogP contribution is -2.55. The number of esters is 2. The van der Waals surface area contributed by atoms with Gasteiger partial charge in [-0.15, -0.1) is 0 Å². The van der Waals surface area contributed by atoms with Gasteiger partial charge in [0.25, 0.3) is 0 Å². The Morgan fingerprint density at radius 2 is 1.68 bits per heavy atom. The van der Waals surface area contributed by atoms with Crippen LogP contribution in [0.1, 0.15) is 83.0 Å². The second kappa shape index (κ2) is 14.5. The van der Waals surface area contributed by atoms with E-state index in [1.165, 1.54) is 6.92 Å². The second-order valence-electron chi connectivity index (χ2n) is 14.0. The second-order valence-corrected chi connectivity index (χ2v) is 15.2. The van der Waals surface area contributed by atoms with Crippen LogP contribution >= 0.6 is 22.6 Å². The number of carbonyl (C=O) groups excluding carboxylic acids is 4. The highest BCUT2D eigenvalue weighted by molar-refractivity contribution is 14.1. The maximum Gasteiger partial charge on any atom is 0.338 e. The number of halogens is 1. The Morgan fingerprint density at radius 3 is 2.23 bits per heavy atom. The molecule has 1 aromatic rings. The van der Waals surface area contributed by atoms with Gasteiger partial charge in [-0.25, -0.2) is 4.79 Å². The van der Waals surface area contributed by atoms with Crippen LogP contribution in [0, 0.1) is 15.4 Å². The highest BCUT2D eigenvalue weighted by Gasteiger charge is 2.64. The van der Waals surface area contributed by atoms with E-state index in [1.54, 1.807) is 51.1 Å². The molecular weight excluding hydrogens is 723 g/mol. The molecule has 0 bridgehead atoms. The zero-order valence-electron chi connectivity index (χ0n) is 27.2. The van der Waals surface area contributed by atoms with E-state index in [2.05, 4.69) is 33.2 Å². The Labute approximate surface area is 288 Å². The number of nitrogens with one attached hydrogen (secondary N) is 2. The molecule has 1 aromatic carbocycles. The van der Waals surface area contributed by atoms with Crippen molar-refractivity contribution in [2.24, 2.45) is 11.8 Å². The number of amides is 2. The van der Waals surface area contributed by atoms with E-state index in [0.717, 1.165) is 29.3 Å². The monoisotopic (exact) mass is 768 g/mol. The standard InChI is InChI=1S/C34H45IN2O10/c1-18(39)28(31(42)36-24(17-38)13-14-27(40)46-33(2,3)4)37-30(41)20-15-25(44-32(43)19-5-11-23(35)12-6-19)29-26(16-20)45-34(47-29,21-7-8-21)22-9-10-22/h5-6,11-12,16,18,21-22,24-26,28-29,38-39H,7-10,13-15,17H2,1-4H3,(H,36,42)(H,37,41)/t18-,24-,25+,26+,28+,29-/m0/s1. The number of benzene rings is 1. The number of aliphatic hydroxyl groups is 2. The number of aliphatic hydroxyl groups excluding tert-OH is 2. The molecule has 258 valence electrons. The van der Waals surface area contributed by atoms with Crippen molar-refractivity contribution in [2.45, 2.75) is 121 Å². The SMILES string of the molecule is C[C@H](O)[C@@H](NC(=O)C1=C[C@H]2OC(C3CC3)(C3CC3)O[C@H]2[C@H](OC(=O)c2ccc(I)cc2)C1)C(=O)N[C@H](CO)CCC(=O)OC(C)(C)C. The third-order valence-corrected chi connectivity index (χ3v) is 9.49. The number of hydrogen-bond acceptors (Lipinski definition) is 10. The number of carbonyl (C=O) groups is 4. The topological polar surface area (TPSA) is 170 Å². The lowest BCUT2D eigenvalue weighted by atomic mass is 9.91. The van der Waals surface area contributed by atoms with Crippen LogP contribution in [0.4, 0.5) is 0 Å². The highest BCUT2D eigenvalue weighted by atomic mass is 127. The zero-order valence-corrected chi connectivity index (χ0v) is 29.4. The van der Waals surface area contributed by atoms with E-state index in [4.69, 9.17) is 18.9 Å². The molecule has 3 fully saturated rings. The molecule has 2 saturated carbocycles. The molecule has 0 unspecified atom stereocenters. The van der Waals surface area contributed by atoms with Crippen LogP contribution < -0.4 is 10.6 Å². The molecule has 1 saturated heterocycles. The van der Waals surface area contributed by atoms with E-state index >= 15 is 0 Å². The summed E-state index contributed by atoms with van der Waals surface area (Å²) in [5.74, 6) is -2.66. The number of hydrogen-bond donors (Lipinski definition) is 4. The Hall–Kier alpha value is -2.59. The van der Waals surface area contributed by atoms with Gasteiger partial charge in [-0.1, -0.05) is 0 Å². The lowest BCUT2D eigenvalue weighted by molar-refractivity contribution is -0.209. The van der Waals surface area contributed by atoms with Crippen LogP contribution in [0.2, 0.25) is 0 Å². The summed E-state index contributed by atoms with van der Waals surface area (Å²) in [7, 11) is 0. The van der Waals surface area contributed by atoms with Crippen molar-refractivity contribution < 1.29 is 48.3 Å². The van der Waals surface area contributed by atoms with Crippen LogP contribution in [0.3, 0.4) is 0 Å². The molecule has 3 aliphatic carbocycles. The largest absolute Gasteiger partial charge is 0.460 e. The molecular formula is C34H45IN2O10. The molecule has 0 spiro atoms. The summed E-state index contributed by atoms with van der Waals surface area (Å²) in [5.41, 5.74) is -0.0670. The molecule has 0 radical (unpaired) electrons. The van der Waals surface area contributed by atoms with Crippen molar-refractivity contribution in [3.05, 3.63) is 45.0 Å². The van der Waals surface area contributed by atoms with Gasteiger partial charge in [-0.3, -0.25) is 14.4 Å². The molecule has 4 N–H and O–H groups in total. The van der Waals surface area contributed by atoms with Gasteiger partial charge < -0.3 is 39.8 Å². The van der Waals surface area contributed by atoms with Gasteiger partial charge >= 0.3 is 11.9 Å². The minimum absolute atomic E-state index is 0.0151. The van der Waals surface area contributed by atoms with Crippen molar-refractivity contribution in [1.29, 1.82) is 0 Å². The van der Waals surface area contributed by atoms with Gasteiger partial charge in [0.15, 0.2) is 5.79 Å². The van der Waals surface area contributed by atoms with Gasteiger partial charge in [-0.05, 0) is 113 Å². The van der Waals surface area contributed by atoms with E-state index in [1.807, 2.05) is 0 Å². The highest BCUT2D eigenvalue weighted by Crippen LogP contribution is 2.59. The fourth-order valence-corrected chi connectivity index (χ4v) is 6.54. The fraction of sp³-hybridized carbons (Fsp3) is 0.647. The quantitative estimate of drug-likeness (QED) is 0.173. The zero-order chi connectivity index (χ0) is 34.1. The summed E-state index contributed by atoms with van der Waals surface area (Å²) in [5, 5.41) is 25.6. The van der Waals surface area contributed by atoms with Crippen molar-refractivity contribution >= 4 is 46.3 Å². The first-order valence-corrected chi connectivity index (χ1v) is 17.4. The number of fused-ring (bicyclic) bond motifs is 1. The maximum absolute atomic E-state index is 13.7. The first-order valence-electron chi connectivity index (χ1n) is 16.3. The molecule has 0 aromatic heterocycles. The molecule has 1 aliphatic heterocycles. The Balaban J connectivity index is 1.29. The predicted octanol–water partition coefficient (Wildman–Crippen LogP) is 2.91. The molecule has 4 aliphatic rings. The Morgan fingerprint density at radius 1 is 1.04 bits per heavy atom. The maximum atomic E-state index is 13.7. The molecule has 1 heterocycles. The van der Waals surface area contributed by atoms with E-state index in [-0.39, 0.29) is 36.7 Å². The van der Waals surface area contributed by atoms with Crippen molar-refractivity contribution in [2.75, 3.05) is 6.61 Å². The summed E-state index contributed by atoms with van der Waals surface area (Å²) in [6.45, 7) is 6.13. The number of rotatable bonds is 13. The fourth-order valence-electron chi connectivity index (χ4n) is 6.18. The van der Waals surface area contributed by atoms with Crippen LogP contribution in [-0.4, -0.2) is 88.5 Å². The van der Waals surface area contributed by atoms with Gasteiger partial charge in [0, 0.05) is 33.8 Å². The number of ether oxygens (including phenoxy) is 4. The first kappa shape index (κ1) is 35.7. The average Bonchev–Trinajstić information content (AvgIpc) is 3.94. The summed E-state index contributed by atoms with van der Waals surface area (Å²) in [6.07, 6.45) is 2.31. The molecule has 5 rings (SSSR count). The van der Waals surface area contributed by atoms with E-state index in [0.29, 0.717) is 5.56 Å². The molecule has 47 heavy (non-hydrogen) atoms. The third kappa shape index (κ3) is 8.91. The van der Waals surface area contributed by atoms with Crippen LogP contribution in [0.5, 0.6) is 0 Å². The van der Waals surface area contributed by atoms with Gasteiger partial charge in [0.1, 0.15) is 30.0 Å². The first-order chi connectivity index (χ1) is 22.2. The van der Waals surface area contributed by atoms with Crippen molar-refractivity contribution in [3.8, 4) is 0 Å². The predicted molar refractivity (Wildman–Crippen MR) is 177 cm³/mol. The van der Waals surface area contributed by atoms with Crippen LogP contribution in [-0.2, 0) is 33.3 Å². The lowest BCUT2D eigenvalue weighted by Gasteiger charge is -2.31. The van der Waals surface area contributed by atoms with Crippen molar-refractivity contribution in [1.82, 2.24) is 10.6 Å². The smallest absolute Gasteiger partial charge is 0.338 e. The van der Waals surface area contributed by atoms with Crippen molar-refractivity contribution in [3.63, 3.8) is 0 Å². The van der Waals surface area contributed by atoms with Gasteiger partial charge in [0.05, 0.1) is 24.3 Å². The molecule has 13 heteroatoms. The third-order valence-electron chi connectivity index (χ3n) is 8.78. The summed E-state index contributed by atoms with van der Waals surface area (Å²) >= 11 is 2.15. The van der Waals surface area contributed by atoms with Crippen LogP contribution in [0.15, 0.2) is 35.9 Å². The van der Waals surface area contributed by atoms with Crippen LogP contribution in [0.25, 0.3) is 0 Å². The minimum Gasteiger partial charge on any atom is -0.460 e. The minimum atomic E-state index is -1.37. The summed E-state index contributed by atoms with van der Waals surface area (Å²) in [6, 6.07) is 4.78. The molecule has 2 amide bonds. The summed E-state index contributed by atoms with van der Waals surface area (Å²) < 4.78 is 25.5. The average molecular weight is 769 g/mol. The van der Waals surface area contributed by atoms with Gasteiger partial charge in [-0.2, -0.15) is 0 Å². The van der Waals surface area contributed by atoms with E-state index in [9.17, 15) is 29.4 Å². The Bertz CT molecular complexity index is 1350. The summed E-state index contributed by atoms with van der Waals surface area (Å²) in [4.78, 5) is 52.3.